The molecule has 0 aliphatic heterocycles. The van der Waals surface area contributed by atoms with E-state index in [2.05, 4.69) is 36.2 Å². The van der Waals surface area contributed by atoms with E-state index in [1.807, 2.05) is 6.20 Å². The topological polar surface area (TPSA) is 12.9 Å². The molecule has 0 N–H and O–H groups in total. The summed E-state index contributed by atoms with van der Waals surface area (Å²) in [5.74, 6) is 0.720. The van der Waals surface area contributed by atoms with Crippen molar-refractivity contribution >= 4 is 0 Å². The van der Waals surface area contributed by atoms with E-state index in [1.165, 1.54) is 30.5 Å². The van der Waals surface area contributed by atoms with Gasteiger partial charge in [0.25, 0.3) is 0 Å². The average Bonchev–Trinajstić information content (AvgIpc) is 2.19. The van der Waals surface area contributed by atoms with Gasteiger partial charge in [-0.3, -0.25) is 4.98 Å². The second kappa shape index (κ2) is 4.41. The first-order chi connectivity index (χ1) is 6.84. The third-order valence-electron chi connectivity index (χ3n) is 2.80. The second-order valence-corrected chi connectivity index (χ2v) is 4.15. The first-order valence-electron chi connectivity index (χ1n) is 5.43. The van der Waals surface area contributed by atoms with Crippen LogP contribution >= 0.6 is 0 Å². The number of aromatic nitrogens is 1. The van der Waals surface area contributed by atoms with Crippen molar-refractivity contribution in [1.29, 1.82) is 0 Å². The van der Waals surface area contributed by atoms with Crippen molar-refractivity contribution in [1.82, 2.24) is 4.98 Å². The molecule has 74 valence electrons. The highest BCUT2D eigenvalue weighted by atomic mass is 14.7. The molecule has 1 nitrogen and oxygen atoms in total. The summed E-state index contributed by atoms with van der Waals surface area (Å²) in [6.45, 7) is 2.13. The fourth-order valence-electron chi connectivity index (χ4n) is 2.03. The van der Waals surface area contributed by atoms with Crippen LogP contribution in [0.4, 0.5) is 0 Å². The molecule has 0 spiro atoms. The van der Waals surface area contributed by atoms with E-state index >= 15 is 0 Å². The van der Waals surface area contributed by atoms with Gasteiger partial charge in [0.2, 0.25) is 0 Å². The van der Waals surface area contributed by atoms with Gasteiger partial charge in [-0.25, -0.2) is 0 Å². The molecule has 1 atom stereocenters. The molecule has 0 fully saturated rings. The average molecular weight is 187 g/mol. The molecule has 1 heterocycles. The maximum Gasteiger partial charge on any atom is 0.0412 e. The van der Waals surface area contributed by atoms with Crippen LogP contribution in [0.15, 0.2) is 30.5 Å². The molecule has 1 heteroatoms. The van der Waals surface area contributed by atoms with Crippen LogP contribution in [-0.4, -0.2) is 4.98 Å². The normalized spacial score (nSPS) is 21.1. The maximum absolute atomic E-state index is 4.40. The number of aryl methyl sites for hydroxylation is 1. The molecule has 0 amide bonds. The van der Waals surface area contributed by atoms with Crippen LogP contribution in [0.25, 0.3) is 0 Å². The summed E-state index contributed by atoms with van der Waals surface area (Å²) in [5, 5.41) is 0. The highest BCUT2D eigenvalue weighted by Crippen LogP contribution is 2.20. The Hall–Kier alpha value is -1.11. The van der Waals surface area contributed by atoms with Crippen molar-refractivity contribution < 1.29 is 0 Å². The zero-order chi connectivity index (χ0) is 9.80. The number of hydrogen-bond acceptors (Lipinski definition) is 1. The molecule has 1 aliphatic carbocycles. The predicted octanol–water partition coefficient (Wildman–Crippen LogP) is 3.29. The van der Waals surface area contributed by atoms with E-state index in [4.69, 9.17) is 0 Å². The molecular weight excluding hydrogens is 170 g/mol. The predicted molar refractivity (Wildman–Crippen MR) is 59.2 cm³/mol. The zero-order valence-corrected chi connectivity index (χ0v) is 8.74. The Morgan fingerprint density at radius 1 is 1.50 bits per heavy atom. The molecule has 1 aliphatic rings. The molecule has 0 saturated carbocycles. The Morgan fingerprint density at radius 2 is 2.43 bits per heavy atom. The Bertz CT molecular complexity index is 328. The molecular formula is C13H17N. The minimum atomic E-state index is 0.720. The molecule has 0 saturated heterocycles. The molecule has 1 aromatic rings. The highest BCUT2D eigenvalue weighted by molar-refractivity contribution is 5.15. The van der Waals surface area contributed by atoms with Gasteiger partial charge in [-0.2, -0.15) is 0 Å². The van der Waals surface area contributed by atoms with E-state index in [-0.39, 0.29) is 0 Å². The Labute approximate surface area is 85.9 Å². The van der Waals surface area contributed by atoms with Crippen molar-refractivity contribution in [3.05, 3.63) is 41.7 Å². The maximum atomic E-state index is 4.40. The van der Waals surface area contributed by atoms with Gasteiger partial charge in [0, 0.05) is 11.9 Å². The van der Waals surface area contributed by atoms with Gasteiger partial charge in [-0.15, -0.1) is 0 Å². The van der Waals surface area contributed by atoms with Crippen LogP contribution in [0, 0.1) is 12.8 Å². The van der Waals surface area contributed by atoms with Crippen LogP contribution in [0.1, 0.15) is 30.5 Å². The molecule has 2 rings (SSSR count). The van der Waals surface area contributed by atoms with Gasteiger partial charge in [0.1, 0.15) is 0 Å². The standard InChI is InChI=1S/C13H17N/c1-11-7-8-14-13(9-11)10-12-5-3-2-4-6-12/h3,5,7-9,12H,2,4,6,10H2,1H3/t12-/m0/s1. The summed E-state index contributed by atoms with van der Waals surface area (Å²) in [4.78, 5) is 4.40. The summed E-state index contributed by atoms with van der Waals surface area (Å²) in [6.07, 6.45) is 11.6. The summed E-state index contributed by atoms with van der Waals surface area (Å²) in [7, 11) is 0. The Morgan fingerprint density at radius 3 is 3.14 bits per heavy atom. The minimum absolute atomic E-state index is 0.720. The summed E-state index contributed by atoms with van der Waals surface area (Å²) in [6, 6.07) is 4.25. The lowest BCUT2D eigenvalue weighted by Gasteiger charge is -2.15. The smallest absolute Gasteiger partial charge is 0.0412 e. The Balaban J connectivity index is 2.02. The summed E-state index contributed by atoms with van der Waals surface area (Å²) < 4.78 is 0. The second-order valence-electron chi connectivity index (χ2n) is 4.15. The van der Waals surface area contributed by atoms with Gasteiger partial charge in [0.15, 0.2) is 0 Å². The van der Waals surface area contributed by atoms with Crippen LogP contribution in [0.2, 0.25) is 0 Å². The van der Waals surface area contributed by atoms with Crippen LogP contribution in [-0.2, 0) is 6.42 Å². The minimum Gasteiger partial charge on any atom is -0.261 e. The number of hydrogen-bond donors (Lipinski definition) is 0. The third kappa shape index (κ3) is 2.44. The number of allylic oxidation sites excluding steroid dienone is 2. The van der Waals surface area contributed by atoms with Crippen LogP contribution in [0.3, 0.4) is 0 Å². The van der Waals surface area contributed by atoms with Crippen LogP contribution < -0.4 is 0 Å². The van der Waals surface area contributed by atoms with Crippen molar-refractivity contribution in [3.8, 4) is 0 Å². The van der Waals surface area contributed by atoms with E-state index in [1.54, 1.807) is 0 Å². The van der Waals surface area contributed by atoms with Crippen molar-refractivity contribution in [3.63, 3.8) is 0 Å². The Kier molecular flexibility index (Phi) is 2.97. The van der Waals surface area contributed by atoms with E-state index in [0.717, 1.165) is 12.3 Å². The molecule has 14 heavy (non-hydrogen) atoms. The molecule has 0 unspecified atom stereocenters. The SMILES string of the molecule is Cc1ccnc(C[C@H]2C=CCCC2)c1. The summed E-state index contributed by atoms with van der Waals surface area (Å²) in [5.41, 5.74) is 2.55. The number of rotatable bonds is 2. The van der Waals surface area contributed by atoms with Crippen molar-refractivity contribution in [2.75, 3.05) is 0 Å². The van der Waals surface area contributed by atoms with Crippen molar-refractivity contribution in [2.24, 2.45) is 5.92 Å². The van der Waals surface area contributed by atoms with E-state index < -0.39 is 0 Å². The monoisotopic (exact) mass is 187 g/mol. The highest BCUT2D eigenvalue weighted by Gasteiger charge is 2.09. The van der Waals surface area contributed by atoms with E-state index in [0.29, 0.717) is 0 Å². The molecule has 0 bridgehead atoms. The number of pyridine rings is 1. The van der Waals surface area contributed by atoms with E-state index in [9.17, 15) is 0 Å². The quantitative estimate of drug-likeness (QED) is 0.647. The lowest BCUT2D eigenvalue weighted by Crippen LogP contribution is -2.05. The molecule has 1 aromatic heterocycles. The van der Waals surface area contributed by atoms with Crippen molar-refractivity contribution in [2.45, 2.75) is 32.6 Å². The lowest BCUT2D eigenvalue weighted by molar-refractivity contribution is 0.533. The van der Waals surface area contributed by atoms with Gasteiger partial charge >= 0.3 is 0 Å². The molecule has 0 radical (unpaired) electrons. The van der Waals surface area contributed by atoms with Gasteiger partial charge in [-0.1, -0.05) is 12.2 Å². The first-order valence-corrected chi connectivity index (χ1v) is 5.43. The number of nitrogens with zero attached hydrogens (tertiary/aromatic N) is 1. The van der Waals surface area contributed by atoms with Crippen LogP contribution in [0.5, 0.6) is 0 Å². The lowest BCUT2D eigenvalue weighted by atomic mass is 9.91. The largest absolute Gasteiger partial charge is 0.261 e. The fraction of sp³-hybridized carbons (Fsp3) is 0.462. The van der Waals surface area contributed by atoms with Gasteiger partial charge in [-0.05, 0) is 56.2 Å². The zero-order valence-electron chi connectivity index (χ0n) is 8.74. The molecule has 0 aromatic carbocycles. The summed E-state index contributed by atoms with van der Waals surface area (Å²) >= 11 is 0. The third-order valence-corrected chi connectivity index (χ3v) is 2.80. The fourth-order valence-corrected chi connectivity index (χ4v) is 2.03. The van der Waals surface area contributed by atoms with Gasteiger partial charge in [0.05, 0.1) is 0 Å². The first kappa shape index (κ1) is 9.45. The van der Waals surface area contributed by atoms with Gasteiger partial charge < -0.3 is 0 Å².